The Morgan fingerprint density at radius 3 is 2.71 bits per heavy atom. The number of hydrogen-bond acceptors (Lipinski definition) is 3. The van der Waals surface area contributed by atoms with Crippen molar-refractivity contribution in [2.45, 2.75) is 12.9 Å². The predicted molar refractivity (Wildman–Crippen MR) is 43.4 cm³/mol. The summed E-state index contributed by atoms with van der Waals surface area (Å²) in [5, 5.41) is 0. The molecule has 0 aromatic heterocycles. The van der Waals surface area contributed by atoms with Gasteiger partial charge in [-0.05, 0) is 17.7 Å². The van der Waals surface area contributed by atoms with Gasteiger partial charge in [0.25, 0.3) is 0 Å². The Bertz CT molecular complexity index is 352. The van der Waals surface area contributed by atoms with Crippen molar-refractivity contribution in [3.05, 3.63) is 23.8 Å². The molecule has 0 bridgehead atoms. The van der Waals surface area contributed by atoms with E-state index in [0.29, 0.717) is 6.61 Å². The van der Waals surface area contributed by atoms with Crippen LogP contribution in [0.2, 0.25) is 0 Å². The number of halogens is 2. The lowest BCUT2D eigenvalue weighted by atomic mass is 10.2. The maximum absolute atomic E-state index is 12.6. The highest BCUT2D eigenvalue weighted by atomic mass is 19.3. The van der Waals surface area contributed by atoms with Crippen LogP contribution < -0.4 is 9.47 Å². The fourth-order valence-electron chi connectivity index (χ4n) is 1.25. The minimum absolute atomic E-state index is 0.0459. The fraction of sp³-hybridized carbons (Fsp3) is 0.333. The van der Waals surface area contributed by atoms with E-state index in [1.165, 1.54) is 19.2 Å². The van der Waals surface area contributed by atoms with Crippen LogP contribution in [0.1, 0.15) is 5.56 Å². The van der Waals surface area contributed by atoms with Gasteiger partial charge in [-0.15, -0.1) is 8.78 Å². The van der Waals surface area contributed by atoms with Crippen molar-refractivity contribution < 1.29 is 23.0 Å². The third-order valence-electron chi connectivity index (χ3n) is 1.78. The van der Waals surface area contributed by atoms with Gasteiger partial charge in [0.2, 0.25) is 0 Å². The molecule has 3 nitrogen and oxygen atoms in total. The summed E-state index contributed by atoms with van der Waals surface area (Å²) < 4.78 is 38.5. The van der Waals surface area contributed by atoms with Crippen LogP contribution in [0.15, 0.2) is 18.2 Å². The van der Waals surface area contributed by atoms with E-state index in [0.717, 1.165) is 5.56 Å². The minimum Gasteiger partial charge on any atom is -0.395 e. The van der Waals surface area contributed by atoms with Crippen LogP contribution >= 0.6 is 0 Å². The number of alkyl halides is 2. The predicted octanol–water partition coefficient (Wildman–Crippen LogP) is 2.15. The van der Waals surface area contributed by atoms with Crippen molar-refractivity contribution in [1.82, 2.24) is 0 Å². The third kappa shape index (κ3) is 1.63. The van der Waals surface area contributed by atoms with Gasteiger partial charge in [0.05, 0.1) is 6.61 Å². The molecule has 76 valence electrons. The lowest BCUT2D eigenvalue weighted by Gasteiger charge is -2.04. The summed E-state index contributed by atoms with van der Waals surface area (Å²) in [7, 11) is 1.53. The van der Waals surface area contributed by atoms with Gasteiger partial charge in [-0.3, -0.25) is 0 Å². The summed E-state index contributed by atoms with van der Waals surface area (Å²) in [5.41, 5.74) is 0.757. The van der Waals surface area contributed by atoms with Crippen LogP contribution in [-0.2, 0) is 11.3 Å². The molecule has 1 aliphatic heterocycles. The van der Waals surface area contributed by atoms with Crippen LogP contribution in [0.3, 0.4) is 0 Å². The van der Waals surface area contributed by atoms with E-state index in [2.05, 4.69) is 9.47 Å². The molecule has 1 aromatic carbocycles. The first-order valence-electron chi connectivity index (χ1n) is 3.98. The molecule has 0 fully saturated rings. The topological polar surface area (TPSA) is 27.7 Å². The second-order valence-corrected chi connectivity index (χ2v) is 2.88. The lowest BCUT2D eigenvalue weighted by Crippen LogP contribution is -2.25. The van der Waals surface area contributed by atoms with Gasteiger partial charge < -0.3 is 14.2 Å². The van der Waals surface area contributed by atoms with Crippen molar-refractivity contribution >= 4 is 0 Å². The Balaban J connectivity index is 2.26. The number of benzene rings is 1. The zero-order valence-electron chi connectivity index (χ0n) is 7.42. The minimum atomic E-state index is -3.55. The normalized spacial score (nSPS) is 17.1. The van der Waals surface area contributed by atoms with Crippen LogP contribution in [0.4, 0.5) is 8.78 Å². The zero-order chi connectivity index (χ0) is 10.2. The van der Waals surface area contributed by atoms with E-state index in [9.17, 15) is 8.78 Å². The molecule has 1 heterocycles. The fourth-order valence-corrected chi connectivity index (χ4v) is 1.25. The number of methoxy groups -OCH3 is 1. The maximum Gasteiger partial charge on any atom is 0.586 e. The quantitative estimate of drug-likeness (QED) is 0.735. The van der Waals surface area contributed by atoms with Crippen LogP contribution in [0, 0.1) is 0 Å². The number of fused-ring (bicyclic) bond motifs is 1. The molecule has 0 spiro atoms. The Morgan fingerprint density at radius 2 is 2.00 bits per heavy atom. The SMILES string of the molecule is COCc1ccc2c(c1)OC(F)(F)O2. The van der Waals surface area contributed by atoms with Gasteiger partial charge in [0.15, 0.2) is 11.5 Å². The summed E-state index contributed by atoms with van der Waals surface area (Å²) in [6.45, 7) is 0.349. The van der Waals surface area contributed by atoms with Crippen LogP contribution in [-0.4, -0.2) is 13.4 Å². The van der Waals surface area contributed by atoms with E-state index in [1.807, 2.05) is 0 Å². The molecular weight excluding hydrogens is 194 g/mol. The molecule has 0 amide bonds. The molecule has 0 radical (unpaired) electrons. The van der Waals surface area contributed by atoms with Gasteiger partial charge >= 0.3 is 6.29 Å². The van der Waals surface area contributed by atoms with Crippen LogP contribution in [0.5, 0.6) is 11.5 Å². The molecule has 0 saturated carbocycles. The standard InChI is InChI=1S/C9H8F2O3/c1-12-5-6-2-3-7-8(4-6)14-9(10,11)13-7/h2-4H,5H2,1H3. The molecule has 1 aromatic rings. The molecule has 1 aliphatic rings. The largest absolute Gasteiger partial charge is 0.586 e. The maximum atomic E-state index is 12.6. The number of ether oxygens (including phenoxy) is 3. The van der Waals surface area contributed by atoms with Gasteiger partial charge in [0, 0.05) is 7.11 Å². The number of rotatable bonds is 2. The average molecular weight is 202 g/mol. The van der Waals surface area contributed by atoms with Gasteiger partial charge in [-0.1, -0.05) is 6.07 Å². The van der Waals surface area contributed by atoms with Crippen molar-refractivity contribution in [3.63, 3.8) is 0 Å². The first kappa shape index (κ1) is 9.21. The summed E-state index contributed by atoms with van der Waals surface area (Å²) in [6, 6.07) is 4.55. The lowest BCUT2D eigenvalue weighted by molar-refractivity contribution is -0.286. The van der Waals surface area contributed by atoms with E-state index in [1.54, 1.807) is 6.07 Å². The van der Waals surface area contributed by atoms with Crippen molar-refractivity contribution in [2.75, 3.05) is 7.11 Å². The van der Waals surface area contributed by atoms with E-state index >= 15 is 0 Å². The first-order valence-corrected chi connectivity index (χ1v) is 3.98. The Labute approximate surface area is 79.2 Å². The molecule has 0 aliphatic carbocycles. The molecule has 2 rings (SSSR count). The Kier molecular flexibility index (Phi) is 2.03. The summed E-state index contributed by atoms with van der Waals surface area (Å²) >= 11 is 0. The van der Waals surface area contributed by atoms with E-state index in [4.69, 9.17) is 4.74 Å². The molecule has 14 heavy (non-hydrogen) atoms. The highest BCUT2D eigenvalue weighted by Crippen LogP contribution is 2.41. The molecule has 0 saturated heterocycles. The summed E-state index contributed by atoms with van der Waals surface area (Å²) in [6.07, 6.45) is -3.55. The summed E-state index contributed by atoms with van der Waals surface area (Å²) in [5.74, 6) is 0.0967. The first-order chi connectivity index (χ1) is 6.61. The third-order valence-corrected chi connectivity index (χ3v) is 1.78. The van der Waals surface area contributed by atoms with E-state index in [-0.39, 0.29) is 11.5 Å². The van der Waals surface area contributed by atoms with Gasteiger partial charge in [0.1, 0.15) is 0 Å². The van der Waals surface area contributed by atoms with Gasteiger partial charge in [-0.2, -0.15) is 0 Å². The van der Waals surface area contributed by atoms with Crippen LogP contribution in [0.25, 0.3) is 0 Å². The van der Waals surface area contributed by atoms with Crippen molar-refractivity contribution in [1.29, 1.82) is 0 Å². The van der Waals surface area contributed by atoms with Crippen molar-refractivity contribution in [3.8, 4) is 11.5 Å². The van der Waals surface area contributed by atoms with Gasteiger partial charge in [-0.25, -0.2) is 0 Å². The molecule has 0 atom stereocenters. The molecule has 5 heteroatoms. The summed E-state index contributed by atoms with van der Waals surface area (Å²) in [4.78, 5) is 0. The zero-order valence-corrected chi connectivity index (χ0v) is 7.42. The molecular formula is C9H8F2O3. The monoisotopic (exact) mass is 202 g/mol. The Hall–Kier alpha value is -1.36. The van der Waals surface area contributed by atoms with Crippen molar-refractivity contribution in [2.24, 2.45) is 0 Å². The average Bonchev–Trinajstić information content (AvgIpc) is 2.38. The Morgan fingerprint density at radius 1 is 1.29 bits per heavy atom. The highest BCUT2D eigenvalue weighted by molar-refractivity contribution is 5.45. The van der Waals surface area contributed by atoms with E-state index < -0.39 is 6.29 Å². The molecule has 0 N–H and O–H groups in total. The highest BCUT2D eigenvalue weighted by Gasteiger charge is 2.43. The smallest absolute Gasteiger partial charge is 0.395 e. The second kappa shape index (κ2) is 3.09. The second-order valence-electron chi connectivity index (χ2n) is 2.88. The molecule has 0 unspecified atom stereocenters. The number of hydrogen-bond donors (Lipinski definition) is 0.